The van der Waals surface area contributed by atoms with E-state index >= 15 is 0 Å². The molecular formula is C11H12N2O6. The van der Waals surface area contributed by atoms with E-state index in [9.17, 15) is 19.7 Å². The highest BCUT2D eigenvalue weighted by molar-refractivity contribution is 5.97. The molecule has 102 valence electrons. The molecule has 19 heavy (non-hydrogen) atoms. The molecule has 0 aliphatic carbocycles. The maximum atomic E-state index is 11.6. The Kier molecular flexibility index (Phi) is 4.54. The summed E-state index contributed by atoms with van der Waals surface area (Å²) in [5, 5.41) is 19.7. The Balaban J connectivity index is 3.23. The van der Waals surface area contributed by atoms with Gasteiger partial charge < -0.3 is 14.7 Å². The molecule has 0 radical (unpaired) electrons. The topological polar surface area (TPSA) is 110 Å². The minimum absolute atomic E-state index is 0.0112. The van der Waals surface area contributed by atoms with E-state index < -0.39 is 22.5 Å². The lowest BCUT2D eigenvalue weighted by molar-refractivity contribution is -0.384. The van der Waals surface area contributed by atoms with Crippen LogP contribution < -0.4 is 4.90 Å². The number of aromatic carboxylic acids is 1. The Morgan fingerprint density at radius 1 is 1.47 bits per heavy atom. The minimum Gasteiger partial charge on any atom is -0.478 e. The number of anilines is 1. The summed E-state index contributed by atoms with van der Waals surface area (Å²) in [6, 6.07) is 3.32. The summed E-state index contributed by atoms with van der Waals surface area (Å²) in [5.74, 6) is -1.76. The summed E-state index contributed by atoms with van der Waals surface area (Å²) in [6.07, 6.45) is 0. The summed E-state index contributed by atoms with van der Waals surface area (Å²) in [5.41, 5.74) is -0.660. The molecule has 0 spiro atoms. The third-order valence-electron chi connectivity index (χ3n) is 2.42. The molecule has 0 bridgehead atoms. The Bertz CT molecular complexity index is 528. The molecule has 0 aromatic heterocycles. The molecule has 8 nitrogen and oxygen atoms in total. The normalized spacial score (nSPS) is 10.0. The molecule has 8 heteroatoms. The Morgan fingerprint density at radius 2 is 2.11 bits per heavy atom. The number of nitrogens with zero attached hydrogens (tertiary/aromatic N) is 2. The van der Waals surface area contributed by atoms with Gasteiger partial charge in [0.15, 0.2) is 0 Å². The van der Waals surface area contributed by atoms with E-state index in [-0.39, 0.29) is 17.9 Å². The molecule has 0 heterocycles. The lowest BCUT2D eigenvalue weighted by Crippen LogP contribution is -2.30. The quantitative estimate of drug-likeness (QED) is 0.627. The SMILES string of the molecule is COCC(=O)N(C)c1ccc(C(=O)O)cc1[N+](=O)[O-]. The number of methoxy groups -OCH3 is 1. The van der Waals surface area contributed by atoms with Gasteiger partial charge in [-0.1, -0.05) is 0 Å². The number of benzene rings is 1. The van der Waals surface area contributed by atoms with Gasteiger partial charge in [0, 0.05) is 20.2 Å². The van der Waals surface area contributed by atoms with Crippen molar-refractivity contribution in [1.29, 1.82) is 0 Å². The van der Waals surface area contributed by atoms with Crippen molar-refractivity contribution in [1.82, 2.24) is 0 Å². The predicted molar refractivity (Wildman–Crippen MR) is 65.3 cm³/mol. The fourth-order valence-electron chi connectivity index (χ4n) is 1.44. The number of nitro benzene ring substituents is 1. The van der Waals surface area contributed by atoms with Crippen molar-refractivity contribution in [2.75, 3.05) is 25.7 Å². The van der Waals surface area contributed by atoms with Crippen molar-refractivity contribution in [2.45, 2.75) is 0 Å². The zero-order valence-corrected chi connectivity index (χ0v) is 10.3. The van der Waals surface area contributed by atoms with E-state index in [1.807, 2.05) is 0 Å². The van der Waals surface area contributed by atoms with Crippen molar-refractivity contribution in [2.24, 2.45) is 0 Å². The predicted octanol–water partition coefficient (Wildman–Crippen LogP) is 0.902. The zero-order chi connectivity index (χ0) is 14.6. The van der Waals surface area contributed by atoms with Crippen LogP contribution in [0.1, 0.15) is 10.4 Å². The van der Waals surface area contributed by atoms with E-state index in [0.717, 1.165) is 11.0 Å². The summed E-state index contributed by atoms with van der Waals surface area (Å²) in [6.45, 7) is -0.228. The third-order valence-corrected chi connectivity index (χ3v) is 2.42. The van der Waals surface area contributed by atoms with Crippen molar-refractivity contribution in [3.8, 4) is 0 Å². The molecule has 1 amide bonds. The summed E-state index contributed by atoms with van der Waals surface area (Å²) < 4.78 is 4.65. The molecule has 0 saturated carbocycles. The van der Waals surface area contributed by atoms with Crippen LogP contribution in [-0.4, -0.2) is 42.7 Å². The number of amides is 1. The Morgan fingerprint density at radius 3 is 2.58 bits per heavy atom. The number of rotatable bonds is 5. The molecule has 1 aromatic carbocycles. The zero-order valence-electron chi connectivity index (χ0n) is 10.3. The molecule has 0 aliphatic rings. The van der Waals surface area contributed by atoms with Crippen LogP contribution in [0.3, 0.4) is 0 Å². The summed E-state index contributed by atoms with van der Waals surface area (Å²) >= 11 is 0. The minimum atomic E-state index is -1.28. The first-order valence-electron chi connectivity index (χ1n) is 5.15. The molecule has 0 fully saturated rings. The Hall–Kier alpha value is -2.48. The van der Waals surface area contributed by atoms with Crippen molar-refractivity contribution < 1.29 is 24.4 Å². The lowest BCUT2D eigenvalue weighted by atomic mass is 10.1. The average molecular weight is 268 g/mol. The number of carbonyl (C=O) groups excluding carboxylic acids is 1. The van der Waals surface area contributed by atoms with Gasteiger partial charge in [0.25, 0.3) is 11.6 Å². The van der Waals surface area contributed by atoms with Crippen LogP contribution in [0.2, 0.25) is 0 Å². The second-order valence-electron chi connectivity index (χ2n) is 3.65. The monoisotopic (exact) mass is 268 g/mol. The van der Waals surface area contributed by atoms with Gasteiger partial charge in [0.2, 0.25) is 0 Å². The summed E-state index contributed by atoms with van der Waals surface area (Å²) in [4.78, 5) is 33.6. The molecule has 0 saturated heterocycles. The van der Waals surface area contributed by atoms with Crippen LogP contribution in [0.5, 0.6) is 0 Å². The van der Waals surface area contributed by atoms with E-state index in [1.165, 1.54) is 26.3 Å². The van der Waals surface area contributed by atoms with E-state index in [1.54, 1.807) is 0 Å². The fourth-order valence-corrected chi connectivity index (χ4v) is 1.44. The molecular weight excluding hydrogens is 256 g/mol. The molecule has 1 aromatic rings. The average Bonchev–Trinajstić information content (AvgIpc) is 2.37. The highest BCUT2D eigenvalue weighted by atomic mass is 16.6. The number of carboxylic acid groups (broad SMARTS) is 1. The van der Waals surface area contributed by atoms with Gasteiger partial charge in [0.05, 0.1) is 10.5 Å². The van der Waals surface area contributed by atoms with Crippen LogP contribution >= 0.6 is 0 Å². The lowest BCUT2D eigenvalue weighted by Gasteiger charge is -2.16. The second kappa shape index (κ2) is 5.91. The van der Waals surface area contributed by atoms with Gasteiger partial charge in [-0.2, -0.15) is 0 Å². The first-order valence-corrected chi connectivity index (χ1v) is 5.15. The number of nitro groups is 1. The molecule has 1 N–H and O–H groups in total. The molecule has 0 unspecified atom stereocenters. The van der Waals surface area contributed by atoms with Crippen LogP contribution in [0, 0.1) is 10.1 Å². The number of hydrogen-bond donors (Lipinski definition) is 1. The number of carboxylic acids is 1. The van der Waals surface area contributed by atoms with Crippen molar-refractivity contribution >= 4 is 23.3 Å². The highest BCUT2D eigenvalue weighted by Gasteiger charge is 2.23. The van der Waals surface area contributed by atoms with Crippen LogP contribution in [0.4, 0.5) is 11.4 Å². The third kappa shape index (κ3) is 3.26. The van der Waals surface area contributed by atoms with Crippen LogP contribution in [0.15, 0.2) is 18.2 Å². The van der Waals surface area contributed by atoms with Crippen LogP contribution in [-0.2, 0) is 9.53 Å². The second-order valence-corrected chi connectivity index (χ2v) is 3.65. The van der Waals surface area contributed by atoms with Crippen molar-refractivity contribution in [3.63, 3.8) is 0 Å². The van der Waals surface area contributed by atoms with Gasteiger partial charge in [-0.15, -0.1) is 0 Å². The highest BCUT2D eigenvalue weighted by Crippen LogP contribution is 2.28. The maximum absolute atomic E-state index is 11.6. The van der Waals surface area contributed by atoms with Crippen LogP contribution in [0.25, 0.3) is 0 Å². The van der Waals surface area contributed by atoms with E-state index in [0.29, 0.717) is 0 Å². The number of ether oxygens (including phenoxy) is 1. The molecule has 1 rings (SSSR count). The first kappa shape index (κ1) is 14.6. The number of carbonyl (C=O) groups is 2. The van der Waals surface area contributed by atoms with Gasteiger partial charge in [0.1, 0.15) is 12.3 Å². The molecule has 0 aliphatic heterocycles. The molecule has 0 atom stereocenters. The Labute approximate surface area is 108 Å². The standard InChI is InChI=1S/C11H12N2O6/c1-12(10(14)6-19-2)8-4-3-7(11(15)16)5-9(8)13(17)18/h3-5H,6H2,1-2H3,(H,15,16). The van der Waals surface area contributed by atoms with Crippen molar-refractivity contribution in [3.05, 3.63) is 33.9 Å². The number of hydrogen-bond acceptors (Lipinski definition) is 5. The van der Waals surface area contributed by atoms with Gasteiger partial charge in [-0.3, -0.25) is 14.9 Å². The largest absolute Gasteiger partial charge is 0.478 e. The maximum Gasteiger partial charge on any atom is 0.335 e. The number of likely N-dealkylation sites (N-methyl/N-ethyl adjacent to an activating group) is 1. The van der Waals surface area contributed by atoms with E-state index in [2.05, 4.69) is 4.74 Å². The van der Waals surface area contributed by atoms with Gasteiger partial charge >= 0.3 is 5.97 Å². The van der Waals surface area contributed by atoms with Gasteiger partial charge in [-0.05, 0) is 12.1 Å². The smallest absolute Gasteiger partial charge is 0.335 e. The van der Waals surface area contributed by atoms with Gasteiger partial charge in [-0.25, -0.2) is 4.79 Å². The van der Waals surface area contributed by atoms with E-state index in [4.69, 9.17) is 5.11 Å². The first-order chi connectivity index (χ1) is 8.88. The summed E-state index contributed by atoms with van der Waals surface area (Å²) in [7, 11) is 2.68. The fraction of sp³-hybridized carbons (Fsp3) is 0.273.